The normalized spacial score (nSPS) is 23.0. The molecule has 9 heteroatoms. The van der Waals surface area contributed by atoms with Crippen molar-refractivity contribution in [1.82, 2.24) is 0 Å². The van der Waals surface area contributed by atoms with Gasteiger partial charge in [-0.1, -0.05) is 0 Å². The first-order valence-corrected chi connectivity index (χ1v) is 9.39. The van der Waals surface area contributed by atoms with Crippen molar-refractivity contribution in [2.45, 2.75) is 42.8 Å². The molecule has 0 N–H and O–H groups in total. The minimum Gasteiger partial charge on any atom is -0.456 e. The van der Waals surface area contributed by atoms with Crippen molar-refractivity contribution < 1.29 is 27.1 Å². The summed E-state index contributed by atoms with van der Waals surface area (Å²) in [5.41, 5.74) is 0. The van der Waals surface area contributed by atoms with E-state index in [-0.39, 0.29) is 27.5 Å². The molecule has 1 fully saturated rings. The highest BCUT2D eigenvalue weighted by Crippen LogP contribution is 2.30. The second kappa shape index (κ2) is 6.68. The van der Waals surface area contributed by atoms with Gasteiger partial charge in [0.2, 0.25) is 5.76 Å². The van der Waals surface area contributed by atoms with E-state index < -0.39 is 15.0 Å². The number of ether oxygens (including phenoxy) is 2. The topological polar surface area (TPSA) is 82.8 Å². The van der Waals surface area contributed by atoms with Crippen LogP contribution in [0.1, 0.15) is 36.2 Å². The highest BCUT2D eigenvalue weighted by Gasteiger charge is 2.28. The van der Waals surface area contributed by atoms with Crippen LogP contribution < -0.4 is 0 Å². The zero-order valence-electron chi connectivity index (χ0n) is 11.2. The van der Waals surface area contributed by atoms with E-state index in [1.165, 1.54) is 0 Å². The maximum Gasteiger partial charge on any atom is 0.374 e. The number of esters is 1. The third-order valence-corrected chi connectivity index (χ3v) is 5.48. The van der Waals surface area contributed by atoms with Crippen LogP contribution in [-0.4, -0.2) is 33.7 Å². The van der Waals surface area contributed by atoms with E-state index in [9.17, 15) is 13.2 Å². The van der Waals surface area contributed by atoms with Gasteiger partial charge in [-0.25, -0.2) is 13.2 Å². The first kappa shape index (κ1) is 16.8. The zero-order chi connectivity index (χ0) is 15.6. The second-order valence-electron chi connectivity index (χ2n) is 4.74. The van der Waals surface area contributed by atoms with Crippen molar-refractivity contribution in [3.8, 4) is 0 Å². The molecule has 118 valence electrons. The smallest absolute Gasteiger partial charge is 0.374 e. The maximum atomic E-state index is 12.0. The van der Waals surface area contributed by atoms with Crippen molar-refractivity contribution in [3.05, 3.63) is 16.5 Å². The van der Waals surface area contributed by atoms with Crippen molar-refractivity contribution in [3.63, 3.8) is 0 Å². The van der Waals surface area contributed by atoms with Gasteiger partial charge in [-0.2, -0.15) is 0 Å². The number of rotatable bonds is 4. The molecule has 6 nitrogen and oxygen atoms in total. The highest BCUT2D eigenvalue weighted by molar-refractivity contribution is 9.10. The van der Waals surface area contributed by atoms with Crippen LogP contribution in [0.4, 0.5) is 0 Å². The summed E-state index contributed by atoms with van der Waals surface area (Å²) in [7, 11) is 2.86. The van der Waals surface area contributed by atoms with Crippen LogP contribution in [0.5, 0.6) is 0 Å². The lowest BCUT2D eigenvalue weighted by Gasteiger charge is -2.27. The molecular weight excluding hydrogens is 388 g/mol. The minimum atomic E-state index is -3.99. The third-order valence-electron chi connectivity index (χ3n) is 3.30. The van der Waals surface area contributed by atoms with E-state index in [2.05, 4.69) is 15.9 Å². The molecule has 2 unspecified atom stereocenters. The summed E-state index contributed by atoms with van der Waals surface area (Å²) in [4.78, 5) is 11.7. The molecule has 1 heterocycles. The quantitative estimate of drug-likeness (QED) is 0.569. The molecule has 1 aromatic rings. The number of hydrogen-bond acceptors (Lipinski definition) is 6. The van der Waals surface area contributed by atoms with Crippen LogP contribution in [0.15, 0.2) is 20.0 Å². The lowest BCUT2D eigenvalue weighted by atomic mass is 9.95. The van der Waals surface area contributed by atoms with E-state index >= 15 is 0 Å². The van der Waals surface area contributed by atoms with Crippen molar-refractivity contribution in [1.29, 1.82) is 0 Å². The van der Waals surface area contributed by atoms with Crippen LogP contribution in [0.25, 0.3) is 0 Å². The van der Waals surface area contributed by atoms with Crippen LogP contribution in [-0.2, 0) is 18.5 Å². The molecule has 1 saturated carbocycles. The molecule has 2 rings (SSSR count). The average molecular weight is 402 g/mol. The number of furan rings is 1. The fourth-order valence-corrected chi connectivity index (χ4v) is 4.28. The number of carbonyl (C=O) groups is 1. The summed E-state index contributed by atoms with van der Waals surface area (Å²) in [6.45, 7) is 0. The maximum absolute atomic E-state index is 12.0. The Kier molecular flexibility index (Phi) is 5.34. The predicted molar refractivity (Wildman–Crippen MR) is 77.9 cm³/mol. The van der Waals surface area contributed by atoms with Crippen LogP contribution in [0.3, 0.4) is 0 Å². The average Bonchev–Trinajstić information content (AvgIpc) is 2.81. The van der Waals surface area contributed by atoms with Crippen molar-refractivity contribution in [2.75, 3.05) is 7.11 Å². The molecule has 21 heavy (non-hydrogen) atoms. The Morgan fingerprint density at radius 1 is 1.43 bits per heavy atom. The Hall–Kier alpha value is -0.570. The second-order valence-corrected chi connectivity index (χ2v) is 7.99. The summed E-state index contributed by atoms with van der Waals surface area (Å²) in [5, 5.41) is 0. The van der Waals surface area contributed by atoms with Crippen molar-refractivity contribution in [2.24, 2.45) is 0 Å². The molecule has 0 spiro atoms. The Bertz CT molecular complexity index is 626. The predicted octanol–water partition coefficient (Wildman–Crippen LogP) is 3.08. The van der Waals surface area contributed by atoms with Crippen LogP contribution >= 0.6 is 26.6 Å². The Morgan fingerprint density at radius 3 is 2.67 bits per heavy atom. The summed E-state index contributed by atoms with van der Waals surface area (Å²) < 4.78 is 38.0. The molecule has 0 bridgehead atoms. The number of hydrogen-bond donors (Lipinski definition) is 0. The first-order chi connectivity index (χ1) is 9.81. The molecule has 2 atom stereocenters. The van der Waals surface area contributed by atoms with Gasteiger partial charge < -0.3 is 13.9 Å². The fraction of sp³-hybridized carbons (Fsp3) is 0.583. The van der Waals surface area contributed by atoms with Gasteiger partial charge in [0.05, 0.1) is 6.10 Å². The van der Waals surface area contributed by atoms with Gasteiger partial charge in [-0.3, -0.25) is 0 Å². The van der Waals surface area contributed by atoms with Gasteiger partial charge >= 0.3 is 5.97 Å². The van der Waals surface area contributed by atoms with E-state index in [4.69, 9.17) is 24.6 Å². The number of methoxy groups -OCH3 is 1. The molecule has 1 aromatic heterocycles. The summed E-state index contributed by atoms with van der Waals surface area (Å²) in [5.74, 6) is -0.926. The molecule has 1 aliphatic rings. The first-order valence-electron chi connectivity index (χ1n) is 6.29. The minimum absolute atomic E-state index is 0.0682. The standard InChI is InChI=1S/C12H14BrClO6S/c1-18-7-3-2-4-8(5-7)19-12(15)9-6-10(11(13)20-9)21(14,16)17/h6-8H,2-5H2,1H3. The molecule has 1 aliphatic carbocycles. The van der Waals surface area contributed by atoms with Crippen molar-refractivity contribution >= 4 is 41.6 Å². The Balaban J connectivity index is 2.07. The van der Waals surface area contributed by atoms with Gasteiger partial charge in [0.25, 0.3) is 9.05 Å². The SMILES string of the molecule is COC1CCCC(OC(=O)c2cc(S(=O)(=O)Cl)c(Br)o2)C1. The Morgan fingerprint density at radius 2 is 2.10 bits per heavy atom. The van der Waals surface area contributed by atoms with Crippen LogP contribution in [0, 0.1) is 0 Å². The molecule has 0 aromatic carbocycles. The van der Waals surface area contributed by atoms with E-state index in [0.29, 0.717) is 6.42 Å². The van der Waals surface area contributed by atoms with E-state index in [1.54, 1.807) is 7.11 Å². The summed E-state index contributed by atoms with van der Waals surface area (Å²) in [6.07, 6.45) is 3.00. The zero-order valence-corrected chi connectivity index (χ0v) is 14.3. The lowest BCUT2D eigenvalue weighted by molar-refractivity contribution is -0.0169. The lowest BCUT2D eigenvalue weighted by Crippen LogP contribution is -2.29. The highest BCUT2D eigenvalue weighted by atomic mass is 79.9. The largest absolute Gasteiger partial charge is 0.456 e. The van der Waals surface area contributed by atoms with Gasteiger partial charge in [0, 0.05) is 30.3 Å². The summed E-state index contributed by atoms with van der Waals surface area (Å²) in [6, 6.07) is 1.05. The van der Waals surface area contributed by atoms with E-state index in [1.807, 2.05) is 0 Å². The van der Waals surface area contributed by atoms with Gasteiger partial charge in [-0.05, 0) is 35.2 Å². The number of halogens is 2. The van der Waals surface area contributed by atoms with Gasteiger partial charge in [-0.15, -0.1) is 0 Å². The Labute approximate surface area is 135 Å². The fourth-order valence-electron chi connectivity index (χ4n) is 2.25. The summed E-state index contributed by atoms with van der Waals surface area (Å²) >= 11 is 2.91. The van der Waals surface area contributed by atoms with E-state index in [0.717, 1.165) is 25.3 Å². The molecular formula is C12H14BrClO6S. The van der Waals surface area contributed by atoms with Crippen LogP contribution in [0.2, 0.25) is 0 Å². The molecule has 0 aliphatic heterocycles. The number of carbonyl (C=O) groups excluding carboxylic acids is 1. The monoisotopic (exact) mass is 400 g/mol. The van der Waals surface area contributed by atoms with Gasteiger partial charge in [0.1, 0.15) is 11.0 Å². The molecule has 0 radical (unpaired) electrons. The molecule has 0 amide bonds. The molecule has 0 saturated heterocycles. The van der Waals surface area contributed by atoms with Gasteiger partial charge in [0.15, 0.2) is 4.67 Å². The third kappa shape index (κ3) is 4.21.